The van der Waals surface area contributed by atoms with Gasteiger partial charge in [0.2, 0.25) is 0 Å². The third-order valence-electron chi connectivity index (χ3n) is 5.04. The van der Waals surface area contributed by atoms with Crippen molar-refractivity contribution in [3.63, 3.8) is 0 Å². The van der Waals surface area contributed by atoms with Crippen molar-refractivity contribution in [2.75, 3.05) is 19.5 Å². The number of carbonyl (C=O) groups excluding carboxylic acids is 1. The van der Waals surface area contributed by atoms with Gasteiger partial charge in [-0.25, -0.2) is 4.79 Å². The number of nitrogens with two attached hydrogens (primary N) is 1. The molecule has 0 unspecified atom stereocenters. The molecule has 0 radical (unpaired) electrons. The fraction of sp³-hybridized carbons (Fsp3) is 0.688. The number of ether oxygens (including phenoxy) is 2. The first-order chi connectivity index (χ1) is 11.5. The summed E-state index contributed by atoms with van der Waals surface area (Å²) in [6.07, 6.45) is 0.244. The molecule has 2 N–H and O–H groups in total. The Morgan fingerprint density at radius 3 is 2.60 bits per heavy atom. The first kappa shape index (κ1) is 19.6. The van der Waals surface area contributed by atoms with Gasteiger partial charge < -0.3 is 19.6 Å². The van der Waals surface area contributed by atoms with Crippen molar-refractivity contribution < 1.29 is 18.7 Å². The van der Waals surface area contributed by atoms with Crippen LogP contribution in [0.25, 0.3) is 0 Å². The van der Waals surface area contributed by atoms with E-state index in [-0.39, 0.29) is 17.5 Å². The Labute approximate surface area is 148 Å². The number of carbonyl (C=O) groups is 1. The molecule has 9 heteroatoms. The molecule has 0 saturated carbocycles. The van der Waals surface area contributed by atoms with Crippen molar-refractivity contribution >= 4 is 20.1 Å². The molecular formula is C16H27N3O5Si. The van der Waals surface area contributed by atoms with Crippen LogP contribution in [0, 0.1) is 5.92 Å². The van der Waals surface area contributed by atoms with Gasteiger partial charge in [0.1, 0.15) is 11.7 Å². The topological polar surface area (TPSA) is 106 Å². The van der Waals surface area contributed by atoms with Gasteiger partial charge in [-0.1, -0.05) is 20.8 Å². The van der Waals surface area contributed by atoms with Crippen molar-refractivity contribution in [3.05, 3.63) is 22.7 Å². The third-order valence-corrected chi connectivity index (χ3v) is 9.54. The second kappa shape index (κ2) is 6.89. The number of anilines is 1. The molecule has 2 heterocycles. The van der Waals surface area contributed by atoms with Gasteiger partial charge in [0.25, 0.3) is 0 Å². The van der Waals surface area contributed by atoms with Crippen molar-refractivity contribution in [2.24, 2.45) is 5.92 Å². The maximum Gasteiger partial charge on any atom is 0.351 e. The number of nitrogens with zero attached hydrogens (tertiary/aromatic N) is 2. The zero-order valence-electron chi connectivity index (χ0n) is 15.6. The molecule has 1 aromatic heterocycles. The van der Waals surface area contributed by atoms with E-state index in [1.54, 1.807) is 0 Å². The zero-order chi connectivity index (χ0) is 19.0. The minimum Gasteiger partial charge on any atom is -0.469 e. The second-order valence-electron chi connectivity index (χ2n) is 7.73. The Morgan fingerprint density at radius 2 is 2.08 bits per heavy atom. The van der Waals surface area contributed by atoms with Crippen LogP contribution >= 0.6 is 0 Å². The largest absolute Gasteiger partial charge is 0.469 e. The van der Waals surface area contributed by atoms with Crippen molar-refractivity contribution in [2.45, 2.75) is 51.2 Å². The molecule has 2 rings (SSSR count). The van der Waals surface area contributed by atoms with Crippen LogP contribution in [-0.4, -0.2) is 43.7 Å². The van der Waals surface area contributed by atoms with E-state index in [0.717, 1.165) is 0 Å². The van der Waals surface area contributed by atoms with Crippen LogP contribution in [0.3, 0.4) is 0 Å². The lowest BCUT2D eigenvalue weighted by Crippen LogP contribution is -2.56. The Balaban J connectivity index is 2.15. The molecule has 25 heavy (non-hydrogen) atoms. The summed E-state index contributed by atoms with van der Waals surface area (Å²) in [6, 6.07) is 1.48. The van der Waals surface area contributed by atoms with Crippen LogP contribution in [0.15, 0.2) is 17.1 Å². The average Bonchev–Trinajstić information content (AvgIpc) is 2.46. The number of aromatic nitrogens is 2. The third kappa shape index (κ3) is 3.93. The predicted molar refractivity (Wildman–Crippen MR) is 95.5 cm³/mol. The summed E-state index contributed by atoms with van der Waals surface area (Å²) in [6.45, 7) is 11.0. The average molecular weight is 369 g/mol. The highest BCUT2D eigenvalue weighted by Gasteiger charge is 2.51. The van der Waals surface area contributed by atoms with Gasteiger partial charge in [-0.15, -0.1) is 0 Å². The fourth-order valence-corrected chi connectivity index (χ4v) is 3.37. The molecule has 0 bridgehead atoms. The summed E-state index contributed by atoms with van der Waals surface area (Å²) in [4.78, 5) is 27.8. The lowest BCUT2D eigenvalue weighted by Gasteiger charge is -2.45. The molecule has 8 nitrogen and oxygen atoms in total. The van der Waals surface area contributed by atoms with Gasteiger partial charge in [0.05, 0.1) is 19.8 Å². The highest BCUT2D eigenvalue weighted by molar-refractivity contribution is 6.74. The molecular weight excluding hydrogens is 342 g/mol. The SMILES string of the molecule is COC(=O)[C@H]1[C@H](n2ccc(N)nc2=O)O[C@@H]1CO[Si](C)(C)C(C)(C)C. The van der Waals surface area contributed by atoms with Gasteiger partial charge in [0.15, 0.2) is 14.5 Å². The maximum absolute atomic E-state index is 12.2. The van der Waals surface area contributed by atoms with Gasteiger partial charge in [0, 0.05) is 6.20 Å². The molecule has 1 saturated heterocycles. The Kier molecular flexibility index (Phi) is 5.40. The Morgan fingerprint density at radius 1 is 1.44 bits per heavy atom. The van der Waals surface area contributed by atoms with Crippen LogP contribution in [0.5, 0.6) is 0 Å². The van der Waals surface area contributed by atoms with Gasteiger partial charge in [-0.3, -0.25) is 9.36 Å². The molecule has 140 valence electrons. The number of esters is 1. The summed E-state index contributed by atoms with van der Waals surface area (Å²) in [7, 11) is -0.661. The molecule has 0 spiro atoms. The van der Waals surface area contributed by atoms with Crippen molar-refractivity contribution in [1.82, 2.24) is 9.55 Å². The summed E-state index contributed by atoms with van der Waals surface area (Å²) in [5.74, 6) is -0.949. The van der Waals surface area contributed by atoms with E-state index in [1.807, 2.05) is 0 Å². The summed E-state index contributed by atoms with van der Waals surface area (Å²) in [5, 5.41) is 0.0503. The van der Waals surface area contributed by atoms with E-state index in [9.17, 15) is 9.59 Å². The number of methoxy groups -OCH3 is 1. The minimum absolute atomic E-state index is 0.0503. The quantitative estimate of drug-likeness (QED) is 0.620. The van der Waals surface area contributed by atoms with E-state index < -0.39 is 38.2 Å². The maximum atomic E-state index is 12.2. The number of hydrogen-bond acceptors (Lipinski definition) is 7. The van der Waals surface area contributed by atoms with Crippen LogP contribution in [0.4, 0.5) is 5.82 Å². The van der Waals surface area contributed by atoms with Gasteiger partial charge in [-0.05, 0) is 24.2 Å². The zero-order valence-corrected chi connectivity index (χ0v) is 16.6. The van der Waals surface area contributed by atoms with Crippen LogP contribution in [-0.2, 0) is 18.7 Å². The van der Waals surface area contributed by atoms with Crippen molar-refractivity contribution in [1.29, 1.82) is 0 Å². The van der Waals surface area contributed by atoms with Gasteiger partial charge in [-0.2, -0.15) is 4.98 Å². The molecule has 1 fully saturated rings. The molecule has 1 aliphatic heterocycles. The first-order valence-corrected chi connectivity index (χ1v) is 11.1. The fourth-order valence-electron chi connectivity index (χ4n) is 2.35. The van der Waals surface area contributed by atoms with Crippen LogP contribution < -0.4 is 11.4 Å². The standard InChI is InChI=1S/C16H27N3O5Si/c1-16(2,3)25(5,6)23-9-10-12(14(20)22-4)13(24-10)19-8-7-11(17)18-15(19)21/h7-8,10,12-13H,9H2,1-6H3,(H2,17,18,21)/t10-,12-,13-/m1/s1. The monoisotopic (exact) mass is 369 g/mol. The van der Waals surface area contributed by atoms with E-state index in [4.69, 9.17) is 19.6 Å². The molecule has 0 amide bonds. The highest BCUT2D eigenvalue weighted by atomic mass is 28.4. The molecule has 1 aromatic rings. The van der Waals surface area contributed by atoms with Gasteiger partial charge >= 0.3 is 11.7 Å². The smallest absolute Gasteiger partial charge is 0.351 e. The summed E-state index contributed by atoms with van der Waals surface area (Å²) < 4.78 is 18.0. The molecule has 1 aliphatic rings. The number of nitrogen functional groups attached to an aromatic ring is 1. The summed E-state index contributed by atoms with van der Waals surface area (Å²) in [5.41, 5.74) is 4.93. The minimum atomic E-state index is -1.97. The normalized spacial score (nSPS) is 23.8. The number of rotatable bonds is 5. The Bertz CT molecular complexity index is 698. The lowest BCUT2D eigenvalue weighted by atomic mass is 9.94. The van der Waals surface area contributed by atoms with E-state index >= 15 is 0 Å². The second-order valence-corrected chi connectivity index (χ2v) is 12.5. The van der Waals surface area contributed by atoms with Crippen LogP contribution in [0.1, 0.15) is 27.0 Å². The van der Waals surface area contributed by atoms with E-state index in [2.05, 4.69) is 38.8 Å². The number of hydrogen-bond donors (Lipinski definition) is 1. The highest BCUT2D eigenvalue weighted by Crippen LogP contribution is 2.41. The molecule has 0 aromatic carbocycles. The molecule has 0 aliphatic carbocycles. The summed E-state index contributed by atoms with van der Waals surface area (Å²) >= 11 is 0. The molecule has 3 atom stereocenters. The van der Waals surface area contributed by atoms with E-state index in [0.29, 0.717) is 0 Å². The predicted octanol–water partition coefficient (Wildman–Crippen LogP) is 1.53. The van der Waals surface area contributed by atoms with E-state index in [1.165, 1.54) is 23.9 Å². The first-order valence-electron chi connectivity index (χ1n) is 8.20. The lowest BCUT2D eigenvalue weighted by molar-refractivity contribution is -0.241. The van der Waals surface area contributed by atoms with Crippen LogP contribution in [0.2, 0.25) is 18.1 Å². The Hall–Kier alpha value is -1.71. The van der Waals surface area contributed by atoms with Crippen molar-refractivity contribution in [3.8, 4) is 0 Å².